The molecular formula is C23H21N9O. The van der Waals surface area contributed by atoms with E-state index in [0.717, 1.165) is 47.8 Å². The van der Waals surface area contributed by atoms with Crippen LogP contribution in [0.5, 0.6) is 0 Å². The smallest absolute Gasteiger partial charge is 0.329 e. The molecule has 2 aliphatic rings. The molecule has 2 aliphatic heterocycles. The largest absolute Gasteiger partial charge is 0.366 e. The maximum Gasteiger partial charge on any atom is 0.329 e. The number of urea groups is 1. The third kappa shape index (κ3) is 3.45. The maximum absolute atomic E-state index is 13.5. The first kappa shape index (κ1) is 19.4. The summed E-state index contributed by atoms with van der Waals surface area (Å²) >= 11 is 0. The Morgan fingerprint density at radius 2 is 2.00 bits per heavy atom. The molecule has 0 spiro atoms. The Bertz CT molecular complexity index is 1340. The van der Waals surface area contributed by atoms with Crippen LogP contribution in [0.2, 0.25) is 0 Å². The average Bonchev–Trinajstić information content (AvgIpc) is 3.51. The Morgan fingerprint density at radius 3 is 2.85 bits per heavy atom. The third-order valence-electron chi connectivity index (χ3n) is 6.03. The van der Waals surface area contributed by atoms with Gasteiger partial charge in [0.05, 0.1) is 35.5 Å². The van der Waals surface area contributed by atoms with Gasteiger partial charge in [0.25, 0.3) is 0 Å². The minimum absolute atomic E-state index is 0.0536. The molecule has 2 bridgehead atoms. The molecule has 4 aromatic rings. The molecule has 0 saturated carbocycles. The molecular weight excluding hydrogens is 418 g/mol. The van der Waals surface area contributed by atoms with Gasteiger partial charge in [-0.1, -0.05) is 5.21 Å². The molecule has 0 radical (unpaired) electrons. The lowest BCUT2D eigenvalue weighted by atomic mass is 10.1. The van der Waals surface area contributed by atoms with Crippen LogP contribution >= 0.6 is 0 Å². The number of nitrogens with zero attached hydrogens (tertiary/aromatic N) is 8. The van der Waals surface area contributed by atoms with Gasteiger partial charge >= 0.3 is 6.03 Å². The van der Waals surface area contributed by atoms with Crippen molar-refractivity contribution in [2.75, 3.05) is 28.2 Å². The lowest BCUT2D eigenvalue weighted by Gasteiger charge is -2.35. The Morgan fingerprint density at radius 1 is 1.09 bits per heavy atom. The quantitative estimate of drug-likeness (QED) is 0.523. The van der Waals surface area contributed by atoms with E-state index >= 15 is 0 Å². The fourth-order valence-electron chi connectivity index (χ4n) is 4.48. The van der Waals surface area contributed by atoms with Crippen LogP contribution in [0.1, 0.15) is 12.1 Å². The van der Waals surface area contributed by atoms with Crippen LogP contribution in [-0.4, -0.2) is 55.1 Å². The predicted octanol–water partition coefficient (Wildman–Crippen LogP) is 3.06. The summed E-state index contributed by atoms with van der Waals surface area (Å²) in [6.07, 6.45) is 7.64. The number of anilines is 3. The van der Waals surface area contributed by atoms with Gasteiger partial charge < -0.3 is 4.90 Å². The van der Waals surface area contributed by atoms with E-state index in [1.807, 2.05) is 25.1 Å². The Balaban J connectivity index is 1.34. The third-order valence-corrected chi connectivity index (χ3v) is 6.03. The summed E-state index contributed by atoms with van der Waals surface area (Å²) in [5, 5.41) is 10.8. The number of aryl methyl sites for hydroxylation is 1. The Kier molecular flexibility index (Phi) is 4.49. The Hall–Kier alpha value is -4.34. The van der Waals surface area contributed by atoms with Crippen LogP contribution in [0.15, 0.2) is 61.2 Å². The predicted molar refractivity (Wildman–Crippen MR) is 123 cm³/mol. The number of hydrogen-bond donors (Lipinski definition) is 1. The fraction of sp³-hybridized carbons (Fsp3) is 0.217. The number of fused-ring (bicyclic) bond motifs is 4. The highest BCUT2D eigenvalue weighted by Gasteiger charge is 2.40. The second-order valence-corrected chi connectivity index (χ2v) is 8.16. The molecule has 1 saturated heterocycles. The van der Waals surface area contributed by atoms with E-state index in [9.17, 15) is 4.79 Å². The van der Waals surface area contributed by atoms with Crippen molar-refractivity contribution < 1.29 is 4.79 Å². The van der Waals surface area contributed by atoms with Crippen molar-refractivity contribution in [2.24, 2.45) is 0 Å². The van der Waals surface area contributed by atoms with Gasteiger partial charge in [0, 0.05) is 42.8 Å². The lowest BCUT2D eigenvalue weighted by Crippen LogP contribution is -2.48. The zero-order valence-corrected chi connectivity index (χ0v) is 18.0. The fourth-order valence-corrected chi connectivity index (χ4v) is 4.48. The molecule has 1 fully saturated rings. The van der Waals surface area contributed by atoms with Crippen LogP contribution in [0, 0.1) is 6.92 Å². The molecule has 2 amide bonds. The van der Waals surface area contributed by atoms with Crippen LogP contribution in [0.4, 0.5) is 22.1 Å². The highest BCUT2D eigenvalue weighted by molar-refractivity contribution is 6.04. The molecule has 10 nitrogen and oxygen atoms in total. The second-order valence-electron chi connectivity index (χ2n) is 8.16. The molecule has 6 heterocycles. The van der Waals surface area contributed by atoms with Crippen LogP contribution in [0.25, 0.3) is 16.9 Å². The topological polar surface area (TPSA) is 105 Å². The molecule has 1 N–H and O–H groups in total. The van der Waals surface area contributed by atoms with Crippen molar-refractivity contribution in [1.82, 2.24) is 29.9 Å². The summed E-state index contributed by atoms with van der Waals surface area (Å²) in [6, 6.07) is 11.4. The molecule has 10 heteroatoms. The van der Waals surface area contributed by atoms with Crippen LogP contribution < -0.4 is 15.1 Å². The number of amides is 2. The summed E-state index contributed by atoms with van der Waals surface area (Å²) in [6.45, 7) is 3.65. The monoisotopic (exact) mass is 439 g/mol. The molecule has 164 valence electrons. The lowest BCUT2D eigenvalue weighted by molar-refractivity contribution is 0.254. The summed E-state index contributed by atoms with van der Waals surface area (Å²) in [4.78, 5) is 31.1. The molecule has 33 heavy (non-hydrogen) atoms. The van der Waals surface area contributed by atoms with Crippen LogP contribution in [0.3, 0.4) is 0 Å². The summed E-state index contributed by atoms with van der Waals surface area (Å²) in [5.41, 5.74) is 4.44. The van der Waals surface area contributed by atoms with Crippen molar-refractivity contribution in [2.45, 2.75) is 19.4 Å². The molecule has 6 rings (SSSR count). The van der Waals surface area contributed by atoms with Crippen molar-refractivity contribution in [1.29, 1.82) is 0 Å². The van der Waals surface area contributed by atoms with Gasteiger partial charge in [0.15, 0.2) is 5.82 Å². The van der Waals surface area contributed by atoms with Gasteiger partial charge in [-0.05, 0) is 43.7 Å². The minimum Gasteiger partial charge on any atom is -0.366 e. The summed E-state index contributed by atoms with van der Waals surface area (Å²) in [5.74, 6) is 1.11. The van der Waals surface area contributed by atoms with E-state index in [1.165, 1.54) is 0 Å². The number of hydrogen-bond acceptors (Lipinski definition) is 7. The molecule has 0 aromatic carbocycles. The number of carbonyl (C=O) groups excluding carboxylic acids is 1. The maximum atomic E-state index is 13.5. The van der Waals surface area contributed by atoms with Gasteiger partial charge in [-0.15, -0.1) is 5.10 Å². The first-order chi connectivity index (χ1) is 16.2. The zero-order valence-electron chi connectivity index (χ0n) is 18.0. The summed E-state index contributed by atoms with van der Waals surface area (Å²) in [7, 11) is 0. The number of carbonyl (C=O) groups is 1. The highest BCUT2D eigenvalue weighted by atomic mass is 16.2. The molecule has 0 unspecified atom stereocenters. The van der Waals surface area contributed by atoms with Gasteiger partial charge in [-0.3, -0.25) is 15.2 Å². The van der Waals surface area contributed by atoms with Crippen molar-refractivity contribution in [3.63, 3.8) is 0 Å². The standard InChI is InChI=1S/C23H21N9O/c1-15-12-16(4-7-24-15)19-2-3-20-22(27-19)32(18-6-10-30(20)14-18)23(33)28-21-13-17(5-8-25-21)31-11-9-26-29-31/h2-5,7-9,11-13,18H,6,10,14H2,1H3,(H,25,28,33)/t18-/m0/s1. The van der Waals surface area contributed by atoms with Gasteiger partial charge in [0.1, 0.15) is 5.82 Å². The molecule has 1 atom stereocenters. The van der Waals surface area contributed by atoms with Crippen molar-refractivity contribution >= 4 is 23.4 Å². The van der Waals surface area contributed by atoms with E-state index in [0.29, 0.717) is 11.6 Å². The first-order valence-electron chi connectivity index (χ1n) is 10.8. The zero-order chi connectivity index (χ0) is 22.4. The SMILES string of the molecule is Cc1cc(-c2ccc3c(n2)N(C(=O)Nc2cc(-n4ccnn4)ccn2)[C@H]2CCN3C2)ccn1. The normalized spacial score (nSPS) is 16.6. The van der Waals surface area contributed by atoms with E-state index in [1.54, 1.807) is 46.5 Å². The van der Waals surface area contributed by atoms with Gasteiger partial charge in [-0.2, -0.15) is 0 Å². The van der Waals surface area contributed by atoms with Gasteiger partial charge in [-0.25, -0.2) is 19.4 Å². The minimum atomic E-state index is -0.249. The summed E-state index contributed by atoms with van der Waals surface area (Å²) < 4.78 is 1.62. The van der Waals surface area contributed by atoms with E-state index in [-0.39, 0.29) is 12.1 Å². The van der Waals surface area contributed by atoms with Crippen molar-refractivity contribution in [3.8, 4) is 16.9 Å². The number of rotatable bonds is 3. The van der Waals surface area contributed by atoms with E-state index in [4.69, 9.17) is 4.98 Å². The van der Waals surface area contributed by atoms with E-state index < -0.39 is 0 Å². The van der Waals surface area contributed by atoms with Gasteiger partial charge in [0.2, 0.25) is 0 Å². The molecule has 0 aliphatic carbocycles. The number of nitrogens with one attached hydrogen (secondary N) is 1. The Labute approximate surface area is 189 Å². The van der Waals surface area contributed by atoms with Crippen molar-refractivity contribution in [3.05, 3.63) is 66.9 Å². The number of aromatic nitrogens is 6. The molecule has 4 aromatic heterocycles. The van der Waals surface area contributed by atoms with Crippen LogP contribution in [-0.2, 0) is 0 Å². The van der Waals surface area contributed by atoms with E-state index in [2.05, 4.69) is 36.6 Å². The average molecular weight is 439 g/mol. The second kappa shape index (κ2) is 7.66. The highest BCUT2D eigenvalue weighted by Crippen LogP contribution is 2.40. The number of pyridine rings is 3. The first-order valence-corrected chi connectivity index (χ1v) is 10.8.